The van der Waals surface area contributed by atoms with Crippen LogP contribution in [0, 0.1) is 5.82 Å². The number of aromatic amines is 1. The van der Waals surface area contributed by atoms with Gasteiger partial charge in [-0.15, -0.1) is 0 Å². The van der Waals surface area contributed by atoms with Crippen LogP contribution in [0.4, 0.5) is 4.39 Å². The third kappa shape index (κ3) is 6.27. The molecule has 0 bridgehead atoms. The van der Waals surface area contributed by atoms with Crippen molar-refractivity contribution >= 4 is 57.5 Å². The summed E-state index contributed by atoms with van der Waals surface area (Å²) in [6.45, 7) is 0. The highest BCUT2D eigenvalue weighted by molar-refractivity contribution is 6.40. The van der Waals surface area contributed by atoms with Crippen LogP contribution < -0.4 is 5.32 Å². The van der Waals surface area contributed by atoms with Crippen LogP contribution in [0.15, 0.2) is 60.7 Å². The molecule has 0 radical (unpaired) electrons. The number of carbonyl (C=O) groups excluding carboxylic acids is 3. The lowest BCUT2D eigenvalue weighted by Crippen LogP contribution is -2.42. The fraction of sp³-hybridized carbons (Fsp3) is 0.143. The molecule has 1 amide bonds. The molecule has 8 nitrogen and oxygen atoms in total. The Morgan fingerprint density at radius 1 is 0.949 bits per heavy atom. The highest BCUT2D eigenvalue weighted by atomic mass is 35.5. The molecule has 4 rings (SSSR count). The first kappa shape index (κ1) is 27.8. The monoisotopic (exact) mass is 570 g/mol. The smallest absolute Gasteiger partial charge is 0.326 e. The largest absolute Gasteiger partial charge is 0.508 e. The van der Waals surface area contributed by atoms with E-state index in [9.17, 15) is 33.8 Å². The zero-order valence-corrected chi connectivity index (χ0v) is 21.6. The van der Waals surface area contributed by atoms with Gasteiger partial charge in [0.2, 0.25) is 0 Å². The molecule has 1 aromatic heterocycles. The van der Waals surface area contributed by atoms with Crippen LogP contribution in [0.5, 0.6) is 5.75 Å². The van der Waals surface area contributed by atoms with Crippen molar-refractivity contribution in [3.63, 3.8) is 0 Å². The summed E-state index contributed by atoms with van der Waals surface area (Å²) in [7, 11) is 0. The number of phenolic OH excluding ortho intramolecular Hbond substituents is 1. The Hall–Kier alpha value is -4.21. The number of nitrogens with one attached hydrogen (secondary N) is 2. The number of hydrogen-bond donors (Lipinski definition) is 4. The molecule has 0 spiro atoms. The maximum absolute atomic E-state index is 14.7. The van der Waals surface area contributed by atoms with Gasteiger partial charge in [0, 0.05) is 29.3 Å². The molecule has 0 aliphatic carbocycles. The Kier molecular flexibility index (Phi) is 8.32. The van der Waals surface area contributed by atoms with Gasteiger partial charge in [-0.3, -0.25) is 14.4 Å². The van der Waals surface area contributed by atoms with Crippen molar-refractivity contribution in [2.45, 2.75) is 25.3 Å². The van der Waals surface area contributed by atoms with Crippen LogP contribution in [0.3, 0.4) is 0 Å². The molecule has 3 aromatic carbocycles. The number of Topliss-reactive ketones (excluding diaryl/α,β-unsaturated/α-hetero) is 2. The Bertz CT molecular complexity index is 1590. The number of H-pyrrole nitrogens is 1. The summed E-state index contributed by atoms with van der Waals surface area (Å²) >= 11 is 12.5. The van der Waals surface area contributed by atoms with E-state index in [4.69, 9.17) is 23.2 Å². The van der Waals surface area contributed by atoms with Gasteiger partial charge in [0.15, 0.2) is 17.4 Å². The average Bonchev–Trinajstić information content (AvgIpc) is 3.23. The van der Waals surface area contributed by atoms with Crippen LogP contribution in [0.25, 0.3) is 10.9 Å². The molecule has 0 aliphatic rings. The number of aromatic hydroxyl groups is 1. The first-order valence-corrected chi connectivity index (χ1v) is 12.4. The van der Waals surface area contributed by atoms with Crippen LogP contribution in [0.2, 0.25) is 10.0 Å². The zero-order valence-electron chi connectivity index (χ0n) is 20.1. The van der Waals surface area contributed by atoms with E-state index in [2.05, 4.69) is 10.3 Å². The van der Waals surface area contributed by atoms with Crippen molar-refractivity contribution < 1.29 is 33.8 Å². The van der Waals surface area contributed by atoms with Gasteiger partial charge in [-0.05, 0) is 48.4 Å². The van der Waals surface area contributed by atoms with Gasteiger partial charge >= 0.3 is 5.97 Å². The molecular weight excluding hydrogens is 550 g/mol. The molecule has 0 saturated carbocycles. The summed E-state index contributed by atoms with van der Waals surface area (Å²) in [6, 6.07) is 13.5. The minimum absolute atomic E-state index is 0.0798. The van der Waals surface area contributed by atoms with Crippen LogP contribution in [0.1, 0.15) is 49.6 Å². The number of carbonyl (C=O) groups is 4. The summed E-state index contributed by atoms with van der Waals surface area (Å²) in [5, 5.41) is 21.1. The number of halogens is 3. The van der Waals surface area contributed by atoms with E-state index in [1.54, 1.807) is 36.4 Å². The first-order valence-electron chi connectivity index (χ1n) is 11.7. The van der Waals surface area contributed by atoms with E-state index >= 15 is 0 Å². The average molecular weight is 571 g/mol. The Morgan fingerprint density at radius 2 is 1.64 bits per heavy atom. The summed E-state index contributed by atoms with van der Waals surface area (Å²) < 4.78 is 14.7. The van der Waals surface area contributed by atoms with Gasteiger partial charge in [-0.1, -0.05) is 47.5 Å². The minimum Gasteiger partial charge on any atom is -0.508 e. The van der Waals surface area contributed by atoms with Crippen molar-refractivity contribution in [1.29, 1.82) is 0 Å². The summed E-state index contributed by atoms with van der Waals surface area (Å²) in [6.07, 6.45) is -0.298. The highest BCUT2D eigenvalue weighted by Gasteiger charge is 2.29. The van der Waals surface area contributed by atoms with Gasteiger partial charge < -0.3 is 20.5 Å². The Morgan fingerprint density at radius 3 is 2.28 bits per heavy atom. The fourth-order valence-electron chi connectivity index (χ4n) is 4.10. The Labute approximate surface area is 231 Å². The van der Waals surface area contributed by atoms with E-state index < -0.39 is 41.6 Å². The standard InChI is InChI=1S/C28H21Cl2FN2O6/c29-18-11-15(22(35)9-8-14-4-3-5-16(34)10-14)12-19(30)24(18)23(36)13-21(28(38)39)33-27(37)26-25(31)17-6-1-2-7-20(17)32-26/h1-7,10-12,21,32,34H,8-9,13H2,(H,33,37)(H,38,39)/t21-/m0/s1. The number of phenols is 1. The van der Waals surface area contributed by atoms with E-state index in [-0.39, 0.29) is 44.5 Å². The first-order chi connectivity index (χ1) is 18.5. The van der Waals surface area contributed by atoms with E-state index in [1.165, 1.54) is 24.3 Å². The number of fused-ring (bicyclic) bond motifs is 1. The van der Waals surface area contributed by atoms with Crippen LogP contribution in [-0.2, 0) is 11.2 Å². The second-order valence-electron chi connectivity index (χ2n) is 8.76. The lowest BCUT2D eigenvalue weighted by molar-refractivity contribution is -0.139. The van der Waals surface area contributed by atoms with Crippen LogP contribution in [-0.4, -0.2) is 44.7 Å². The van der Waals surface area contributed by atoms with Crippen molar-refractivity contribution in [2.24, 2.45) is 0 Å². The maximum atomic E-state index is 14.7. The van der Waals surface area contributed by atoms with Gasteiger partial charge in [-0.25, -0.2) is 9.18 Å². The molecule has 39 heavy (non-hydrogen) atoms. The van der Waals surface area contributed by atoms with Crippen LogP contribution >= 0.6 is 23.2 Å². The summed E-state index contributed by atoms with van der Waals surface area (Å²) in [5.74, 6) is -4.45. The van der Waals surface area contributed by atoms with Crippen molar-refractivity contribution in [2.75, 3.05) is 0 Å². The van der Waals surface area contributed by atoms with Gasteiger partial charge in [0.05, 0.1) is 15.6 Å². The number of aliphatic carboxylic acids is 1. The third-order valence-corrected chi connectivity index (χ3v) is 6.65. The fourth-order valence-corrected chi connectivity index (χ4v) is 4.79. The summed E-state index contributed by atoms with van der Waals surface area (Å²) in [4.78, 5) is 52.7. The molecule has 1 heterocycles. The molecule has 0 fully saturated rings. The second kappa shape index (κ2) is 11.7. The lowest BCUT2D eigenvalue weighted by Gasteiger charge is -2.15. The van der Waals surface area contributed by atoms with Gasteiger partial charge in [0.25, 0.3) is 5.91 Å². The number of rotatable bonds is 10. The van der Waals surface area contributed by atoms with Crippen molar-refractivity contribution in [3.8, 4) is 5.75 Å². The number of aryl methyl sites for hydroxylation is 1. The molecule has 0 saturated heterocycles. The zero-order chi connectivity index (χ0) is 28.3. The number of carboxylic acids is 1. The lowest BCUT2D eigenvalue weighted by atomic mass is 9.98. The second-order valence-corrected chi connectivity index (χ2v) is 9.57. The number of benzene rings is 3. The molecular formula is C28H21Cl2FN2O6. The van der Waals surface area contributed by atoms with Gasteiger partial charge in [0.1, 0.15) is 17.5 Å². The molecule has 1 atom stereocenters. The van der Waals surface area contributed by atoms with E-state index in [0.717, 1.165) is 5.56 Å². The maximum Gasteiger partial charge on any atom is 0.326 e. The molecule has 0 unspecified atom stereocenters. The number of ketones is 2. The predicted molar refractivity (Wildman–Crippen MR) is 143 cm³/mol. The van der Waals surface area contributed by atoms with E-state index in [0.29, 0.717) is 11.9 Å². The van der Waals surface area contributed by atoms with Crippen molar-refractivity contribution in [3.05, 3.63) is 98.9 Å². The molecule has 0 aliphatic heterocycles. The number of hydrogen-bond acceptors (Lipinski definition) is 5. The van der Waals surface area contributed by atoms with E-state index in [1.807, 2.05) is 0 Å². The molecule has 200 valence electrons. The quantitative estimate of drug-likeness (QED) is 0.183. The predicted octanol–water partition coefficient (Wildman–Crippen LogP) is 5.59. The minimum atomic E-state index is -1.72. The number of para-hydroxylation sites is 1. The van der Waals surface area contributed by atoms with Gasteiger partial charge in [-0.2, -0.15) is 0 Å². The third-order valence-electron chi connectivity index (χ3n) is 6.06. The topological polar surface area (TPSA) is 137 Å². The highest BCUT2D eigenvalue weighted by Crippen LogP contribution is 2.29. The molecule has 11 heteroatoms. The van der Waals surface area contributed by atoms with Crippen molar-refractivity contribution in [1.82, 2.24) is 10.3 Å². The summed E-state index contributed by atoms with van der Waals surface area (Å²) in [5.41, 5.74) is 0.568. The SMILES string of the molecule is O=C(CCc1cccc(O)c1)c1cc(Cl)c(C(=O)C[C@H](NC(=O)c2[nH]c3ccccc3c2F)C(=O)O)c(Cl)c1. The normalized spacial score (nSPS) is 11.8. The Balaban J connectivity index is 1.47. The molecule has 4 aromatic rings. The molecule has 4 N–H and O–H groups in total. The number of amides is 1. The number of carboxylic acid groups (broad SMARTS) is 1. The number of aromatic nitrogens is 1.